The highest BCUT2D eigenvalue weighted by Gasteiger charge is 2.52. The standard InChI is InChI=1S/C29H31Cl2N3O6S/c1-29(24-19(30)10-7-11-20(24)31)25(27(36)37)21(16-23(35)34-14-12-32(2)13-15-34)33(3)22(26(29)28(38)39)17-41(40)18-8-5-4-6-9-18/h4-11H,12-17H2,1-3H3,(H,36,37)(H,38,39). The molecule has 0 bridgehead atoms. The zero-order valence-corrected chi connectivity index (χ0v) is 25.2. The SMILES string of the molecule is CN1CCN(C(=O)CC2=C(C(=O)O)C(C)(c3c(Cl)cccc3Cl)C(C(=O)O)=C(C[S+]([O-])c3ccccc3)N2C)CC1. The summed E-state index contributed by atoms with van der Waals surface area (Å²) in [5.74, 6) is -3.38. The quantitative estimate of drug-likeness (QED) is 0.427. The molecule has 2 aromatic rings. The average molecular weight is 621 g/mol. The normalized spacial score (nSPS) is 20.8. The van der Waals surface area contributed by atoms with Gasteiger partial charge in [0.25, 0.3) is 0 Å². The van der Waals surface area contributed by atoms with Gasteiger partial charge in [-0.25, -0.2) is 9.59 Å². The first kappa shape index (κ1) is 30.9. The number of nitrogens with zero attached hydrogens (tertiary/aromatic N) is 3. The van der Waals surface area contributed by atoms with Crippen molar-refractivity contribution in [1.29, 1.82) is 0 Å². The van der Waals surface area contributed by atoms with Gasteiger partial charge in [-0.1, -0.05) is 47.5 Å². The highest BCUT2D eigenvalue weighted by Crippen LogP contribution is 2.51. The Kier molecular flexibility index (Phi) is 9.40. The average Bonchev–Trinajstić information content (AvgIpc) is 2.91. The summed E-state index contributed by atoms with van der Waals surface area (Å²) in [5.41, 5.74) is -2.28. The summed E-state index contributed by atoms with van der Waals surface area (Å²) >= 11 is 11.5. The van der Waals surface area contributed by atoms with E-state index >= 15 is 0 Å². The van der Waals surface area contributed by atoms with Gasteiger partial charge in [0.2, 0.25) is 5.91 Å². The Bertz CT molecular complexity index is 1400. The predicted molar refractivity (Wildman–Crippen MR) is 157 cm³/mol. The van der Waals surface area contributed by atoms with Gasteiger partial charge in [-0.3, -0.25) is 4.79 Å². The number of carbonyl (C=O) groups excluding carboxylic acids is 1. The molecular weight excluding hydrogens is 589 g/mol. The molecule has 2 N–H and O–H groups in total. The smallest absolute Gasteiger partial charge is 0.334 e. The number of carboxylic acids is 2. The maximum atomic E-state index is 13.5. The Labute approximate surface area is 251 Å². The van der Waals surface area contributed by atoms with Crippen molar-refractivity contribution in [1.82, 2.24) is 14.7 Å². The lowest BCUT2D eigenvalue weighted by Crippen LogP contribution is -2.49. The summed E-state index contributed by atoms with van der Waals surface area (Å²) < 4.78 is 13.5. The molecule has 2 aliphatic heterocycles. The topological polar surface area (TPSA) is 124 Å². The van der Waals surface area contributed by atoms with E-state index in [0.29, 0.717) is 31.1 Å². The monoisotopic (exact) mass is 619 g/mol. The Morgan fingerprint density at radius 3 is 1.95 bits per heavy atom. The van der Waals surface area contributed by atoms with E-state index in [9.17, 15) is 29.1 Å². The van der Waals surface area contributed by atoms with Crippen molar-refractivity contribution in [3.8, 4) is 0 Å². The number of piperazine rings is 1. The predicted octanol–water partition coefficient (Wildman–Crippen LogP) is 3.85. The summed E-state index contributed by atoms with van der Waals surface area (Å²) in [6.07, 6.45) is -0.312. The van der Waals surface area contributed by atoms with Crippen LogP contribution in [0.5, 0.6) is 0 Å². The molecule has 2 aromatic carbocycles. The number of aliphatic carboxylic acids is 2. The van der Waals surface area contributed by atoms with Gasteiger partial charge in [-0.15, -0.1) is 0 Å². The molecule has 2 aliphatic rings. The Hall–Kier alpha value is -3.02. The number of halogens is 2. The third-order valence-electron chi connectivity index (χ3n) is 7.73. The number of carboxylic acid groups (broad SMARTS) is 2. The molecule has 4 rings (SSSR count). The number of amides is 1. The minimum atomic E-state index is -1.90. The van der Waals surface area contributed by atoms with Crippen molar-refractivity contribution in [3.63, 3.8) is 0 Å². The van der Waals surface area contributed by atoms with Crippen molar-refractivity contribution >= 4 is 52.2 Å². The van der Waals surface area contributed by atoms with E-state index < -0.39 is 28.5 Å². The molecule has 2 atom stereocenters. The highest BCUT2D eigenvalue weighted by atomic mass is 35.5. The lowest BCUT2D eigenvalue weighted by Gasteiger charge is -2.43. The van der Waals surface area contributed by atoms with Gasteiger partial charge >= 0.3 is 11.9 Å². The van der Waals surface area contributed by atoms with Crippen LogP contribution in [0.25, 0.3) is 0 Å². The lowest BCUT2D eigenvalue weighted by atomic mass is 9.66. The molecule has 0 radical (unpaired) electrons. The van der Waals surface area contributed by atoms with Crippen molar-refractivity contribution in [2.75, 3.05) is 46.0 Å². The Morgan fingerprint density at radius 1 is 0.878 bits per heavy atom. The van der Waals surface area contributed by atoms with Gasteiger partial charge in [0.05, 0.1) is 28.7 Å². The molecule has 0 aromatic heterocycles. The molecule has 0 saturated carbocycles. The molecule has 9 nitrogen and oxygen atoms in total. The maximum absolute atomic E-state index is 13.5. The summed E-state index contributed by atoms with van der Waals surface area (Å²) in [5, 5.41) is 21.4. The van der Waals surface area contributed by atoms with Crippen LogP contribution in [0.2, 0.25) is 10.0 Å². The number of hydrogen-bond acceptors (Lipinski definition) is 6. The maximum Gasteiger partial charge on any atom is 0.334 e. The van der Waals surface area contributed by atoms with E-state index in [2.05, 4.69) is 4.90 Å². The van der Waals surface area contributed by atoms with Crippen molar-refractivity contribution in [2.45, 2.75) is 23.7 Å². The third kappa shape index (κ3) is 5.98. The van der Waals surface area contributed by atoms with E-state index in [1.54, 1.807) is 41.3 Å². The van der Waals surface area contributed by atoms with Gasteiger partial charge in [0, 0.05) is 54.5 Å². The number of hydrogen-bond donors (Lipinski definition) is 2. The van der Waals surface area contributed by atoms with Gasteiger partial charge in [0.1, 0.15) is 0 Å². The second-order valence-electron chi connectivity index (χ2n) is 10.2. The number of benzene rings is 2. The van der Waals surface area contributed by atoms with Crippen molar-refractivity contribution < 1.29 is 29.1 Å². The van der Waals surface area contributed by atoms with E-state index in [1.807, 2.05) is 7.05 Å². The van der Waals surface area contributed by atoms with Crippen LogP contribution in [-0.2, 0) is 31.0 Å². The van der Waals surface area contributed by atoms with Gasteiger partial charge in [-0.05, 0) is 49.4 Å². The minimum absolute atomic E-state index is 0.0651. The summed E-state index contributed by atoms with van der Waals surface area (Å²) in [7, 11) is 3.46. The third-order valence-corrected chi connectivity index (χ3v) is 9.69. The number of likely N-dealkylation sites (N-methyl/N-ethyl adjacent to an activating group) is 1. The van der Waals surface area contributed by atoms with Crippen molar-refractivity contribution in [2.24, 2.45) is 0 Å². The van der Waals surface area contributed by atoms with Crippen LogP contribution in [0.1, 0.15) is 18.9 Å². The molecule has 41 heavy (non-hydrogen) atoms. The zero-order valence-electron chi connectivity index (χ0n) is 22.9. The zero-order chi connectivity index (χ0) is 30.1. The Morgan fingerprint density at radius 2 is 1.41 bits per heavy atom. The van der Waals surface area contributed by atoms with Gasteiger partial charge in [-0.2, -0.15) is 0 Å². The molecule has 1 fully saturated rings. The molecule has 12 heteroatoms. The molecule has 0 spiro atoms. The van der Waals surface area contributed by atoms with E-state index in [1.165, 1.54) is 31.0 Å². The lowest BCUT2D eigenvalue weighted by molar-refractivity contribution is -0.134. The molecule has 2 heterocycles. The number of carbonyl (C=O) groups is 3. The molecule has 0 aliphatic carbocycles. The first-order valence-electron chi connectivity index (χ1n) is 12.9. The molecular formula is C29H31Cl2N3O6S. The second kappa shape index (κ2) is 12.5. The van der Waals surface area contributed by atoms with Crippen LogP contribution in [0.3, 0.4) is 0 Å². The van der Waals surface area contributed by atoms with Crippen LogP contribution >= 0.6 is 23.2 Å². The van der Waals surface area contributed by atoms with Gasteiger partial charge < -0.3 is 29.5 Å². The van der Waals surface area contributed by atoms with Crippen LogP contribution in [-0.4, -0.2) is 93.3 Å². The van der Waals surface area contributed by atoms with Crippen LogP contribution in [0.4, 0.5) is 0 Å². The van der Waals surface area contributed by atoms with Gasteiger partial charge in [0.15, 0.2) is 10.6 Å². The molecule has 1 amide bonds. The van der Waals surface area contributed by atoms with Crippen LogP contribution in [0, 0.1) is 0 Å². The summed E-state index contributed by atoms with van der Waals surface area (Å²) in [4.78, 5) is 45.3. The molecule has 1 saturated heterocycles. The fraction of sp³-hybridized carbons (Fsp3) is 0.345. The highest BCUT2D eigenvalue weighted by molar-refractivity contribution is 7.91. The van der Waals surface area contributed by atoms with E-state index in [4.69, 9.17) is 23.2 Å². The minimum Gasteiger partial charge on any atom is -0.611 e. The fourth-order valence-corrected chi connectivity index (χ4v) is 7.56. The largest absolute Gasteiger partial charge is 0.611 e. The second-order valence-corrected chi connectivity index (χ2v) is 12.5. The van der Waals surface area contributed by atoms with E-state index in [-0.39, 0.29) is 56.2 Å². The van der Waals surface area contributed by atoms with Crippen LogP contribution < -0.4 is 0 Å². The summed E-state index contributed by atoms with van der Waals surface area (Å²) in [6.45, 7) is 3.73. The number of rotatable bonds is 8. The Balaban J connectivity index is 1.96. The first-order valence-corrected chi connectivity index (χ1v) is 15.0. The van der Waals surface area contributed by atoms with E-state index in [0.717, 1.165) is 0 Å². The molecule has 218 valence electrons. The summed E-state index contributed by atoms with van der Waals surface area (Å²) in [6, 6.07) is 13.1. The van der Waals surface area contributed by atoms with Crippen molar-refractivity contribution in [3.05, 3.63) is 86.7 Å². The fourth-order valence-electron chi connectivity index (χ4n) is 5.57. The first-order chi connectivity index (χ1) is 19.4. The molecule has 2 unspecified atom stereocenters. The van der Waals surface area contributed by atoms with Crippen LogP contribution in [0.15, 0.2) is 76.0 Å².